The van der Waals surface area contributed by atoms with Gasteiger partial charge in [0.15, 0.2) is 0 Å². The van der Waals surface area contributed by atoms with E-state index in [9.17, 15) is 0 Å². The van der Waals surface area contributed by atoms with Gasteiger partial charge in [-0.3, -0.25) is 4.98 Å². The van der Waals surface area contributed by atoms with Crippen molar-refractivity contribution in [3.8, 4) is 11.1 Å². The molecule has 0 aliphatic carbocycles. The van der Waals surface area contributed by atoms with Crippen molar-refractivity contribution in [1.29, 1.82) is 0 Å². The van der Waals surface area contributed by atoms with E-state index in [1.807, 2.05) is 30.7 Å². The minimum absolute atomic E-state index is 1.20. The summed E-state index contributed by atoms with van der Waals surface area (Å²) >= 11 is 0. The van der Waals surface area contributed by atoms with Gasteiger partial charge in [0.25, 0.3) is 0 Å². The Hall–Kier alpha value is -1.57. The molecular formula is C10H10N2. The molecule has 0 saturated heterocycles. The maximum Gasteiger partial charge on any atom is 0.0273 e. The highest BCUT2D eigenvalue weighted by atomic mass is 14.7. The second kappa shape index (κ2) is 2.81. The van der Waals surface area contributed by atoms with Crippen molar-refractivity contribution in [2.75, 3.05) is 0 Å². The van der Waals surface area contributed by atoms with Crippen molar-refractivity contribution in [2.24, 2.45) is 0 Å². The molecule has 0 saturated carbocycles. The molecule has 0 aliphatic heterocycles. The standard InChI is InChI=1S/C10H10N2/c1-8-10(4-7-12-8)9-2-5-11-6-3-9/h2-7,12H,1H3. The van der Waals surface area contributed by atoms with Crippen molar-refractivity contribution < 1.29 is 0 Å². The lowest BCUT2D eigenvalue weighted by atomic mass is 10.1. The fraction of sp³-hybridized carbons (Fsp3) is 0.100. The van der Waals surface area contributed by atoms with Crippen LogP contribution in [0.3, 0.4) is 0 Å². The topological polar surface area (TPSA) is 28.7 Å². The minimum Gasteiger partial charge on any atom is -0.365 e. The molecule has 2 heterocycles. The number of aromatic amines is 1. The molecule has 12 heavy (non-hydrogen) atoms. The van der Waals surface area contributed by atoms with Crippen molar-refractivity contribution in [1.82, 2.24) is 9.97 Å². The molecule has 0 aliphatic rings. The van der Waals surface area contributed by atoms with Gasteiger partial charge in [0.05, 0.1) is 0 Å². The summed E-state index contributed by atoms with van der Waals surface area (Å²) in [4.78, 5) is 7.12. The highest BCUT2D eigenvalue weighted by Gasteiger charge is 1.99. The lowest BCUT2D eigenvalue weighted by Crippen LogP contribution is -1.78. The lowest BCUT2D eigenvalue weighted by Gasteiger charge is -1.97. The number of nitrogens with zero attached hydrogens (tertiary/aromatic N) is 1. The van der Waals surface area contributed by atoms with Crippen LogP contribution in [0.15, 0.2) is 36.8 Å². The van der Waals surface area contributed by atoms with E-state index in [2.05, 4.69) is 23.0 Å². The largest absolute Gasteiger partial charge is 0.365 e. The van der Waals surface area contributed by atoms with Crippen LogP contribution in [-0.4, -0.2) is 9.97 Å². The van der Waals surface area contributed by atoms with E-state index < -0.39 is 0 Å². The van der Waals surface area contributed by atoms with Crippen LogP contribution in [-0.2, 0) is 0 Å². The van der Waals surface area contributed by atoms with E-state index in [-0.39, 0.29) is 0 Å². The number of H-pyrrole nitrogens is 1. The first kappa shape index (κ1) is 7.10. The summed E-state index contributed by atoms with van der Waals surface area (Å²) in [5.74, 6) is 0. The monoisotopic (exact) mass is 158 g/mol. The van der Waals surface area contributed by atoms with E-state index >= 15 is 0 Å². The predicted molar refractivity (Wildman–Crippen MR) is 48.8 cm³/mol. The number of pyridine rings is 1. The molecule has 0 amide bonds. The van der Waals surface area contributed by atoms with E-state index in [1.165, 1.54) is 16.8 Å². The number of aryl methyl sites for hydroxylation is 1. The molecule has 0 unspecified atom stereocenters. The molecule has 2 nitrogen and oxygen atoms in total. The average molecular weight is 158 g/mol. The summed E-state index contributed by atoms with van der Waals surface area (Å²) in [5, 5.41) is 0. The Labute approximate surface area is 71.3 Å². The van der Waals surface area contributed by atoms with Crippen LogP contribution in [0.1, 0.15) is 5.69 Å². The Bertz CT molecular complexity index is 362. The molecule has 2 heteroatoms. The summed E-state index contributed by atoms with van der Waals surface area (Å²) in [6, 6.07) is 6.09. The molecule has 2 aromatic heterocycles. The van der Waals surface area contributed by atoms with E-state index in [1.54, 1.807) is 0 Å². The fourth-order valence-electron chi connectivity index (χ4n) is 1.30. The van der Waals surface area contributed by atoms with Gasteiger partial charge in [-0.15, -0.1) is 0 Å². The minimum atomic E-state index is 1.20. The first-order chi connectivity index (χ1) is 5.88. The van der Waals surface area contributed by atoms with Crippen LogP contribution in [0, 0.1) is 6.92 Å². The van der Waals surface area contributed by atoms with Gasteiger partial charge in [-0.2, -0.15) is 0 Å². The molecule has 2 aromatic rings. The Morgan fingerprint density at radius 2 is 1.92 bits per heavy atom. The Morgan fingerprint density at radius 1 is 1.17 bits per heavy atom. The molecule has 1 N–H and O–H groups in total. The summed E-state index contributed by atoms with van der Waals surface area (Å²) in [7, 11) is 0. The van der Waals surface area contributed by atoms with Crippen molar-refractivity contribution >= 4 is 0 Å². The zero-order valence-corrected chi connectivity index (χ0v) is 6.91. The van der Waals surface area contributed by atoms with Crippen LogP contribution < -0.4 is 0 Å². The third-order valence-corrected chi connectivity index (χ3v) is 1.95. The lowest BCUT2D eigenvalue weighted by molar-refractivity contribution is 1.26. The second-order valence-electron chi connectivity index (χ2n) is 2.75. The zero-order chi connectivity index (χ0) is 8.39. The quantitative estimate of drug-likeness (QED) is 0.678. The van der Waals surface area contributed by atoms with Gasteiger partial charge in [-0.1, -0.05) is 0 Å². The van der Waals surface area contributed by atoms with Crippen LogP contribution in [0.5, 0.6) is 0 Å². The third kappa shape index (κ3) is 1.11. The molecule has 0 bridgehead atoms. The molecule has 60 valence electrons. The van der Waals surface area contributed by atoms with Gasteiger partial charge in [0, 0.05) is 29.8 Å². The van der Waals surface area contributed by atoms with Gasteiger partial charge in [0.1, 0.15) is 0 Å². The van der Waals surface area contributed by atoms with E-state index in [0.29, 0.717) is 0 Å². The SMILES string of the molecule is Cc1[nH]ccc1-c1ccncc1. The number of aromatic nitrogens is 2. The predicted octanol–water partition coefficient (Wildman–Crippen LogP) is 2.39. The number of nitrogens with one attached hydrogen (secondary N) is 1. The number of hydrogen-bond acceptors (Lipinski definition) is 1. The summed E-state index contributed by atoms with van der Waals surface area (Å²) in [6.07, 6.45) is 5.56. The molecule has 0 atom stereocenters. The van der Waals surface area contributed by atoms with Crippen LogP contribution >= 0.6 is 0 Å². The maximum absolute atomic E-state index is 3.97. The van der Waals surface area contributed by atoms with E-state index in [0.717, 1.165) is 0 Å². The van der Waals surface area contributed by atoms with Crippen LogP contribution in [0.25, 0.3) is 11.1 Å². The molecule has 0 fully saturated rings. The van der Waals surface area contributed by atoms with Crippen LogP contribution in [0.2, 0.25) is 0 Å². The molecule has 2 rings (SSSR count). The van der Waals surface area contributed by atoms with Crippen LogP contribution in [0.4, 0.5) is 0 Å². The summed E-state index contributed by atoms with van der Waals surface area (Å²) < 4.78 is 0. The first-order valence-electron chi connectivity index (χ1n) is 3.92. The van der Waals surface area contributed by atoms with Gasteiger partial charge in [-0.05, 0) is 30.7 Å². The van der Waals surface area contributed by atoms with Gasteiger partial charge in [-0.25, -0.2) is 0 Å². The van der Waals surface area contributed by atoms with Crippen molar-refractivity contribution in [3.63, 3.8) is 0 Å². The van der Waals surface area contributed by atoms with Crippen molar-refractivity contribution in [2.45, 2.75) is 6.92 Å². The van der Waals surface area contributed by atoms with Crippen molar-refractivity contribution in [3.05, 3.63) is 42.5 Å². The molecular weight excluding hydrogens is 148 g/mol. The first-order valence-corrected chi connectivity index (χ1v) is 3.92. The summed E-state index contributed by atoms with van der Waals surface area (Å²) in [5.41, 5.74) is 3.65. The maximum atomic E-state index is 3.97. The Morgan fingerprint density at radius 3 is 2.50 bits per heavy atom. The second-order valence-corrected chi connectivity index (χ2v) is 2.75. The smallest absolute Gasteiger partial charge is 0.0273 e. The molecule has 0 radical (unpaired) electrons. The average Bonchev–Trinajstić information content (AvgIpc) is 2.53. The zero-order valence-electron chi connectivity index (χ0n) is 6.91. The number of rotatable bonds is 1. The molecule has 0 aromatic carbocycles. The van der Waals surface area contributed by atoms with Gasteiger partial charge >= 0.3 is 0 Å². The normalized spacial score (nSPS) is 10.1. The Kier molecular flexibility index (Phi) is 1.67. The highest BCUT2D eigenvalue weighted by Crippen LogP contribution is 2.20. The summed E-state index contributed by atoms with van der Waals surface area (Å²) in [6.45, 7) is 2.07. The Balaban J connectivity index is 2.51. The van der Waals surface area contributed by atoms with Gasteiger partial charge < -0.3 is 4.98 Å². The number of hydrogen-bond donors (Lipinski definition) is 1. The fourth-order valence-corrected chi connectivity index (χ4v) is 1.30. The van der Waals surface area contributed by atoms with E-state index in [4.69, 9.17) is 0 Å². The third-order valence-electron chi connectivity index (χ3n) is 1.95. The highest BCUT2D eigenvalue weighted by molar-refractivity contribution is 5.65. The van der Waals surface area contributed by atoms with Gasteiger partial charge in [0.2, 0.25) is 0 Å². The molecule has 0 spiro atoms.